The fourth-order valence-corrected chi connectivity index (χ4v) is 3.80. The molecule has 1 aliphatic rings. The highest BCUT2D eigenvalue weighted by molar-refractivity contribution is 7.90. The van der Waals surface area contributed by atoms with Gasteiger partial charge in [0.05, 0.1) is 11.9 Å². The predicted octanol–water partition coefficient (Wildman–Crippen LogP) is 2.24. The average Bonchev–Trinajstić information content (AvgIpc) is 2.62. The summed E-state index contributed by atoms with van der Waals surface area (Å²) >= 11 is 0. The molecule has 1 unspecified atom stereocenters. The van der Waals surface area contributed by atoms with Gasteiger partial charge >= 0.3 is 0 Å². The third-order valence-corrected chi connectivity index (χ3v) is 5.41. The molecule has 1 saturated heterocycles. The van der Waals surface area contributed by atoms with Crippen molar-refractivity contribution >= 4 is 15.8 Å². The molecule has 1 fully saturated rings. The van der Waals surface area contributed by atoms with Gasteiger partial charge in [-0.25, -0.2) is 27.2 Å². The summed E-state index contributed by atoms with van der Waals surface area (Å²) in [6.45, 7) is 1.75. The van der Waals surface area contributed by atoms with E-state index >= 15 is 0 Å². The summed E-state index contributed by atoms with van der Waals surface area (Å²) in [5, 5.41) is 6.19. The zero-order valence-electron chi connectivity index (χ0n) is 14.3. The van der Waals surface area contributed by atoms with Gasteiger partial charge in [-0.05, 0) is 37.1 Å². The number of nitrogens with zero attached hydrogens (tertiary/aromatic N) is 2. The molecule has 1 aliphatic heterocycles. The molecule has 0 amide bonds. The van der Waals surface area contributed by atoms with Gasteiger partial charge in [-0.2, -0.15) is 0 Å². The van der Waals surface area contributed by atoms with Gasteiger partial charge in [0.2, 0.25) is 5.95 Å². The molecule has 0 saturated carbocycles. The molecule has 2 heterocycles. The molecule has 3 rings (SSSR count). The van der Waals surface area contributed by atoms with E-state index in [9.17, 15) is 17.2 Å². The van der Waals surface area contributed by atoms with Gasteiger partial charge in [0.25, 0.3) is 0 Å². The molecular formula is C17H20F2N4O2S. The van der Waals surface area contributed by atoms with Crippen LogP contribution in [0.2, 0.25) is 0 Å². The Bertz CT molecular complexity index is 900. The smallest absolute Gasteiger partial charge is 0.223 e. The summed E-state index contributed by atoms with van der Waals surface area (Å²) in [5.41, 5.74) is 1.02. The van der Waals surface area contributed by atoms with Crippen LogP contribution in [-0.4, -0.2) is 37.7 Å². The number of halogens is 2. The van der Waals surface area contributed by atoms with Crippen molar-refractivity contribution in [2.45, 2.75) is 30.2 Å². The maximum Gasteiger partial charge on any atom is 0.223 e. The van der Waals surface area contributed by atoms with E-state index in [1.54, 1.807) is 0 Å². The maximum atomic E-state index is 13.3. The number of rotatable bonds is 5. The molecule has 6 nitrogen and oxygen atoms in total. The van der Waals surface area contributed by atoms with Crippen LogP contribution < -0.4 is 10.6 Å². The molecule has 26 heavy (non-hydrogen) atoms. The van der Waals surface area contributed by atoms with E-state index < -0.39 is 21.5 Å². The Kier molecular flexibility index (Phi) is 5.47. The number of aromatic nitrogens is 2. The van der Waals surface area contributed by atoms with Crippen molar-refractivity contribution in [1.82, 2.24) is 15.3 Å². The van der Waals surface area contributed by atoms with Gasteiger partial charge < -0.3 is 10.6 Å². The van der Waals surface area contributed by atoms with Crippen LogP contribution in [0.5, 0.6) is 0 Å². The van der Waals surface area contributed by atoms with Crippen LogP contribution in [0, 0.1) is 11.6 Å². The molecule has 0 aliphatic carbocycles. The van der Waals surface area contributed by atoms with Gasteiger partial charge in [0.1, 0.15) is 4.90 Å². The highest BCUT2D eigenvalue weighted by atomic mass is 32.2. The second kappa shape index (κ2) is 7.63. The third-order valence-electron chi connectivity index (χ3n) is 4.30. The lowest BCUT2D eigenvalue weighted by molar-refractivity contribution is 0.448. The molecule has 0 spiro atoms. The monoisotopic (exact) mass is 382 g/mol. The first-order valence-corrected chi connectivity index (χ1v) is 10.2. The molecule has 1 atom stereocenters. The highest BCUT2D eigenvalue weighted by Gasteiger charge is 2.25. The Balaban J connectivity index is 1.84. The predicted molar refractivity (Wildman–Crippen MR) is 93.7 cm³/mol. The molecule has 1 aromatic heterocycles. The lowest BCUT2D eigenvalue weighted by Gasteiger charge is -2.24. The average molecular weight is 382 g/mol. The minimum Gasteiger partial charge on any atom is -0.350 e. The first kappa shape index (κ1) is 18.7. The Morgan fingerprint density at radius 2 is 2.12 bits per heavy atom. The van der Waals surface area contributed by atoms with Crippen LogP contribution in [-0.2, 0) is 16.4 Å². The second-order valence-electron chi connectivity index (χ2n) is 6.36. The number of nitrogens with one attached hydrogen (secondary N) is 2. The molecule has 0 bridgehead atoms. The number of benzene rings is 1. The van der Waals surface area contributed by atoms with E-state index in [0.717, 1.165) is 37.8 Å². The molecule has 1 aromatic carbocycles. The van der Waals surface area contributed by atoms with Crippen molar-refractivity contribution in [3.63, 3.8) is 0 Å². The summed E-state index contributed by atoms with van der Waals surface area (Å²) in [5.74, 6) is -1.59. The number of hydrogen-bond acceptors (Lipinski definition) is 6. The fourth-order valence-electron chi connectivity index (χ4n) is 2.96. The van der Waals surface area contributed by atoms with Crippen molar-refractivity contribution in [2.75, 3.05) is 24.7 Å². The van der Waals surface area contributed by atoms with Crippen LogP contribution in [0.4, 0.5) is 14.7 Å². The summed E-state index contributed by atoms with van der Waals surface area (Å²) in [6.07, 6.45) is 4.23. The molecular weight excluding hydrogens is 362 g/mol. The minimum atomic E-state index is -3.45. The highest BCUT2D eigenvalue weighted by Crippen LogP contribution is 2.28. The Labute approximate surface area is 151 Å². The normalized spacial score (nSPS) is 17.9. The molecule has 2 N–H and O–H groups in total. The number of sulfone groups is 1. The summed E-state index contributed by atoms with van der Waals surface area (Å²) in [4.78, 5) is 8.60. The van der Waals surface area contributed by atoms with Gasteiger partial charge in [-0.15, -0.1) is 0 Å². The first-order valence-electron chi connectivity index (χ1n) is 8.30. The standard InChI is InChI=1S/C17H20F2N4O2S/c1-26(24,25)15-10-22-17(23-16(15)12-3-2-6-20-9-12)21-8-11-4-5-13(18)14(19)7-11/h4-5,7,10,12,20H,2-3,6,8-9H2,1H3,(H,21,22,23). The molecule has 9 heteroatoms. The van der Waals surface area contributed by atoms with Crippen LogP contribution in [0.3, 0.4) is 0 Å². The first-order chi connectivity index (χ1) is 12.3. The molecule has 140 valence electrons. The lowest BCUT2D eigenvalue weighted by Crippen LogP contribution is -2.30. The summed E-state index contributed by atoms with van der Waals surface area (Å²) in [6, 6.07) is 3.61. The zero-order chi connectivity index (χ0) is 18.7. The van der Waals surface area contributed by atoms with E-state index in [0.29, 0.717) is 17.8 Å². The third kappa shape index (κ3) is 4.34. The van der Waals surface area contributed by atoms with Crippen molar-refractivity contribution in [1.29, 1.82) is 0 Å². The number of hydrogen-bond donors (Lipinski definition) is 2. The number of anilines is 1. The van der Waals surface area contributed by atoms with Crippen molar-refractivity contribution in [2.24, 2.45) is 0 Å². The largest absolute Gasteiger partial charge is 0.350 e. The van der Waals surface area contributed by atoms with E-state index in [2.05, 4.69) is 20.6 Å². The quantitative estimate of drug-likeness (QED) is 0.825. The Hall–Kier alpha value is -2.13. The Morgan fingerprint density at radius 3 is 2.77 bits per heavy atom. The number of piperidine rings is 1. The fraction of sp³-hybridized carbons (Fsp3) is 0.412. The minimum absolute atomic E-state index is 0.0136. The van der Waals surface area contributed by atoms with Crippen LogP contribution in [0.15, 0.2) is 29.3 Å². The van der Waals surface area contributed by atoms with Gasteiger partial charge in [-0.3, -0.25) is 0 Å². The van der Waals surface area contributed by atoms with E-state index in [1.165, 1.54) is 12.3 Å². The topological polar surface area (TPSA) is 84.0 Å². The van der Waals surface area contributed by atoms with E-state index in [4.69, 9.17) is 0 Å². The van der Waals surface area contributed by atoms with Gasteiger partial charge in [0, 0.05) is 25.3 Å². The van der Waals surface area contributed by atoms with E-state index in [1.807, 2.05) is 0 Å². The SMILES string of the molecule is CS(=O)(=O)c1cnc(NCc2ccc(F)c(F)c2)nc1C1CCCNC1. The zero-order valence-corrected chi connectivity index (χ0v) is 15.1. The van der Waals surface area contributed by atoms with E-state index in [-0.39, 0.29) is 23.3 Å². The maximum absolute atomic E-state index is 13.3. The lowest BCUT2D eigenvalue weighted by atomic mass is 9.96. The van der Waals surface area contributed by atoms with Crippen LogP contribution in [0.1, 0.15) is 30.0 Å². The van der Waals surface area contributed by atoms with Gasteiger partial charge in [-0.1, -0.05) is 6.07 Å². The molecule has 2 aromatic rings. The van der Waals surface area contributed by atoms with Crippen molar-refractivity contribution < 1.29 is 17.2 Å². The summed E-state index contributed by atoms with van der Waals surface area (Å²) in [7, 11) is -3.45. The van der Waals surface area contributed by atoms with Gasteiger partial charge in [0.15, 0.2) is 21.5 Å². The second-order valence-corrected chi connectivity index (χ2v) is 8.34. The van der Waals surface area contributed by atoms with Crippen LogP contribution in [0.25, 0.3) is 0 Å². The summed E-state index contributed by atoms with van der Waals surface area (Å²) < 4.78 is 50.4. The van der Waals surface area contributed by atoms with Crippen molar-refractivity contribution in [3.05, 3.63) is 47.3 Å². The Morgan fingerprint density at radius 1 is 1.31 bits per heavy atom. The van der Waals surface area contributed by atoms with Crippen molar-refractivity contribution in [3.8, 4) is 0 Å². The van der Waals surface area contributed by atoms with Crippen LogP contribution >= 0.6 is 0 Å². The molecule has 0 radical (unpaired) electrons.